The molecule has 1 amide bonds. The van der Waals surface area contributed by atoms with Crippen LogP contribution in [0.1, 0.15) is 34.9 Å². The number of carbonyl (C=O) groups is 1. The third-order valence-corrected chi connectivity index (χ3v) is 4.89. The molecule has 3 aromatic rings. The minimum absolute atomic E-state index is 0.0274. The number of rotatable bonds is 3. The van der Waals surface area contributed by atoms with E-state index in [0.717, 1.165) is 36.3 Å². The highest BCUT2D eigenvalue weighted by molar-refractivity contribution is 6.30. The number of hydrogen-bond donors (Lipinski definition) is 1. The van der Waals surface area contributed by atoms with Gasteiger partial charge in [0.2, 0.25) is 0 Å². The molecule has 0 spiro atoms. The van der Waals surface area contributed by atoms with Gasteiger partial charge in [-0.25, -0.2) is 0 Å². The van der Waals surface area contributed by atoms with E-state index in [4.69, 9.17) is 11.6 Å². The molecule has 6 nitrogen and oxygen atoms in total. The lowest BCUT2D eigenvalue weighted by Crippen LogP contribution is -2.39. The first kappa shape index (κ1) is 16.7. The summed E-state index contributed by atoms with van der Waals surface area (Å²) in [5, 5.41) is 7.28. The van der Waals surface area contributed by atoms with E-state index in [9.17, 15) is 4.79 Å². The van der Waals surface area contributed by atoms with Gasteiger partial charge in [-0.15, -0.1) is 0 Å². The lowest BCUT2D eigenvalue weighted by molar-refractivity contribution is 0.0700. The Kier molecular flexibility index (Phi) is 4.67. The Labute approximate surface area is 156 Å². The first-order valence-corrected chi connectivity index (χ1v) is 8.95. The van der Waals surface area contributed by atoms with Gasteiger partial charge in [0, 0.05) is 48.2 Å². The van der Waals surface area contributed by atoms with Gasteiger partial charge >= 0.3 is 0 Å². The summed E-state index contributed by atoms with van der Waals surface area (Å²) in [4.78, 5) is 23.6. The number of piperidine rings is 1. The van der Waals surface area contributed by atoms with Gasteiger partial charge in [0.05, 0.1) is 11.4 Å². The van der Waals surface area contributed by atoms with Gasteiger partial charge in [0.15, 0.2) is 0 Å². The second-order valence-corrected chi connectivity index (χ2v) is 6.80. The van der Waals surface area contributed by atoms with Crippen molar-refractivity contribution in [2.45, 2.75) is 18.8 Å². The highest BCUT2D eigenvalue weighted by Crippen LogP contribution is 2.32. The summed E-state index contributed by atoms with van der Waals surface area (Å²) in [6.07, 6.45) is 6.89. The fourth-order valence-electron chi connectivity index (χ4n) is 3.44. The third kappa shape index (κ3) is 3.32. The topological polar surface area (TPSA) is 74.8 Å². The summed E-state index contributed by atoms with van der Waals surface area (Å²) in [6, 6.07) is 9.32. The maximum absolute atomic E-state index is 12.6. The molecule has 1 N–H and O–H groups in total. The van der Waals surface area contributed by atoms with Crippen LogP contribution in [-0.2, 0) is 0 Å². The predicted octanol–water partition coefficient (Wildman–Crippen LogP) is 3.54. The number of amides is 1. The van der Waals surface area contributed by atoms with Gasteiger partial charge < -0.3 is 4.90 Å². The SMILES string of the molecule is O=C(c1ccn[nH]1)N1CCC[C@@H](c2nccnc2-c2cccc(Cl)c2)C1. The van der Waals surface area contributed by atoms with Gasteiger partial charge in [0.1, 0.15) is 5.69 Å². The van der Waals surface area contributed by atoms with Crippen LogP contribution in [-0.4, -0.2) is 44.1 Å². The van der Waals surface area contributed by atoms with Crippen molar-refractivity contribution in [1.82, 2.24) is 25.1 Å². The van der Waals surface area contributed by atoms with Gasteiger partial charge in [-0.05, 0) is 31.0 Å². The van der Waals surface area contributed by atoms with Crippen LogP contribution in [0.15, 0.2) is 48.9 Å². The summed E-state index contributed by atoms with van der Waals surface area (Å²) < 4.78 is 0. The average Bonchev–Trinajstić information content (AvgIpc) is 3.22. The molecular formula is C19H18ClN5O. The van der Waals surface area contributed by atoms with E-state index >= 15 is 0 Å². The summed E-state index contributed by atoms with van der Waals surface area (Å²) in [5.41, 5.74) is 3.20. The Morgan fingerprint density at radius 1 is 1.19 bits per heavy atom. The molecule has 26 heavy (non-hydrogen) atoms. The number of carbonyl (C=O) groups excluding carboxylic acids is 1. The minimum atomic E-state index is -0.0274. The first-order chi connectivity index (χ1) is 12.7. The number of benzene rings is 1. The van der Waals surface area contributed by atoms with E-state index < -0.39 is 0 Å². The van der Waals surface area contributed by atoms with Gasteiger partial charge in [-0.1, -0.05) is 23.7 Å². The van der Waals surface area contributed by atoms with Crippen LogP contribution in [0, 0.1) is 0 Å². The molecule has 1 aliphatic heterocycles. The largest absolute Gasteiger partial charge is 0.337 e. The molecule has 0 radical (unpaired) electrons. The zero-order valence-electron chi connectivity index (χ0n) is 14.1. The van der Waals surface area contributed by atoms with E-state index in [-0.39, 0.29) is 11.8 Å². The normalized spacial score (nSPS) is 17.3. The van der Waals surface area contributed by atoms with Crippen molar-refractivity contribution in [3.05, 3.63) is 65.3 Å². The number of nitrogens with one attached hydrogen (secondary N) is 1. The van der Waals surface area contributed by atoms with Crippen molar-refractivity contribution in [2.24, 2.45) is 0 Å². The first-order valence-electron chi connectivity index (χ1n) is 8.58. The fourth-order valence-corrected chi connectivity index (χ4v) is 3.63. The van der Waals surface area contributed by atoms with Gasteiger partial charge in [0.25, 0.3) is 5.91 Å². The Balaban J connectivity index is 1.62. The van der Waals surface area contributed by atoms with Crippen LogP contribution in [0.2, 0.25) is 5.02 Å². The van der Waals surface area contributed by atoms with Crippen molar-refractivity contribution >= 4 is 17.5 Å². The number of halogens is 1. The molecule has 1 fully saturated rings. The van der Waals surface area contributed by atoms with Crippen molar-refractivity contribution in [2.75, 3.05) is 13.1 Å². The van der Waals surface area contributed by atoms with Gasteiger partial charge in [-0.3, -0.25) is 19.9 Å². The molecule has 0 bridgehead atoms. The number of H-pyrrole nitrogens is 1. The van der Waals surface area contributed by atoms with Crippen molar-refractivity contribution in [1.29, 1.82) is 0 Å². The number of aromatic nitrogens is 4. The minimum Gasteiger partial charge on any atom is -0.337 e. The molecule has 3 heterocycles. The van der Waals surface area contributed by atoms with Crippen LogP contribution < -0.4 is 0 Å². The highest BCUT2D eigenvalue weighted by Gasteiger charge is 2.28. The van der Waals surface area contributed by atoms with Crippen LogP contribution in [0.5, 0.6) is 0 Å². The summed E-state index contributed by atoms with van der Waals surface area (Å²) in [5.74, 6) is 0.110. The van der Waals surface area contributed by atoms with Crippen LogP contribution in [0.4, 0.5) is 0 Å². The van der Waals surface area contributed by atoms with E-state index in [1.807, 2.05) is 29.2 Å². The molecule has 1 aromatic carbocycles. The third-order valence-electron chi connectivity index (χ3n) is 4.65. The molecule has 1 atom stereocenters. The zero-order valence-corrected chi connectivity index (χ0v) is 14.9. The Morgan fingerprint density at radius 2 is 2.08 bits per heavy atom. The maximum Gasteiger partial charge on any atom is 0.271 e. The molecular weight excluding hydrogens is 350 g/mol. The maximum atomic E-state index is 12.6. The molecule has 7 heteroatoms. The van der Waals surface area contributed by atoms with E-state index in [1.54, 1.807) is 24.7 Å². The molecule has 0 aliphatic carbocycles. The lowest BCUT2D eigenvalue weighted by atomic mass is 9.91. The number of aromatic amines is 1. The molecule has 0 unspecified atom stereocenters. The second-order valence-electron chi connectivity index (χ2n) is 6.36. The molecule has 2 aromatic heterocycles. The quantitative estimate of drug-likeness (QED) is 0.768. The van der Waals surface area contributed by atoms with E-state index in [2.05, 4.69) is 20.2 Å². The van der Waals surface area contributed by atoms with E-state index in [0.29, 0.717) is 17.3 Å². The zero-order chi connectivity index (χ0) is 17.9. The fraction of sp³-hybridized carbons (Fsp3) is 0.263. The molecule has 0 saturated carbocycles. The lowest BCUT2D eigenvalue weighted by Gasteiger charge is -2.32. The monoisotopic (exact) mass is 367 g/mol. The second kappa shape index (κ2) is 7.25. The Morgan fingerprint density at radius 3 is 2.88 bits per heavy atom. The summed E-state index contributed by atoms with van der Waals surface area (Å²) in [7, 11) is 0. The highest BCUT2D eigenvalue weighted by atomic mass is 35.5. The summed E-state index contributed by atoms with van der Waals surface area (Å²) >= 11 is 6.14. The number of nitrogens with zero attached hydrogens (tertiary/aromatic N) is 4. The summed E-state index contributed by atoms with van der Waals surface area (Å²) in [6.45, 7) is 1.35. The van der Waals surface area contributed by atoms with Crippen molar-refractivity contribution in [3.8, 4) is 11.3 Å². The van der Waals surface area contributed by atoms with E-state index in [1.165, 1.54) is 0 Å². The molecule has 1 saturated heterocycles. The Bertz CT molecular complexity index is 912. The van der Waals surface area contributed by atoms with Crippen LogP contribution >= 0.6 is 11.6 Å². The molecule has 132 valence electrons. The van der Waals surface area contributed by atoms with Crippen LogP contribution in [0.3, 0.4) is 0 Å². The van der Waals surface area contributed by atoms with Gasteiger partial charge in [-0.2, -0.15) is 5.10 Å². The standard InChI is InChI=1S/C19H18ClN5O/c20-15-5-1-3-13(11-15)17-18(22-9-8-21-17)14-4-2-10-25(12-14)19(26)16-6-7-23-24-16/h1,3,5-9,11,14H,2,4,10,12H2,(H,23,24)/t14-/m1/s1. The average molecular weight is 368 g/mol. The molecule has 4 rings (SSSR count). The van der Waals surface area contributed by atoms with Crippen molar-refractivity contribution in [3.63, 3.8) is 0 Å². The number of likely N-dealkylation sites (tertiary alicyclic amines) is 1. The van der Waals surface area contributed by atoms with Crippen LogP contribution in [0.25, 0.3) is 11.3 Å². The molecule has 1 aliphatic rings. The smallest absolute Gasteiger partial charge is 0.271 e. The Hall–Kier alpha value is -2.73. The van der Waals surface area contributed by atoms with Crippen molar-refractivity contribution < 1.29 is 4.79 Å². The number of hydrogen-bond acceptors (Lipinski definition) is 4. The predicted molar refractivity (Wildman–Crippen MR) is 98.9 cm³/mol.